The van der Waals surface area contributed by atoms with Crippen molar-refractivity contribution in [3.63, 3.8) is 0 Å². The number of ether oxygens (including phenoxy) is 1. The Morgan fingerprint density at radius 3 is 2.66 bits per heavy atom. The molecule has 2 heterocycles. The summed E-state index contributed by atoms with van der Waals surface area (Å²) < 4.78 is 47.6. The molecule has 1 saturated heterocycles. The molecular formula is C19H25FN4O4S. The molecule has 0 saturated carbocycles. The van der Waals surface area contributed by atoms with Gasteiger partial charge in [0.25, 0.3) is 10.0 Å². The highest BCUT2D eigenvalue weighted by Crippen LogP contribution is 2.33. The first-order valence-electron chi connectivity index (χ1n) is 9.49. The third-order valence-electron chi connectivity index (χ3n) is 4.87. The topological polar surface area (TPSA) is 93.5 Å². The Kier molecular flexibility index (Phi) is 6.53. The standard InChI is InChI=1S/C19H25FN4O4S/c1-3-4-9-21-19(25)28-17-11-24(29(26,27)18-12-23(2)13-22-18)10-16(17)14-5-7-15(20)8-6-14/h5-8,12-13,16-17H,3-4,9-11H2,1-2H3,(H,21,25). The number of nitrogens with one attached hydrogen (secondary N) is 1. The first-order chi connectivity index (χ1) is 13.8. The molecule has 8 nitrogen and oxygen atoms in total. The first-order valence-corrected chi connectivity index (χ1v) is 10.9. The summed E-state index contributed by atoms with van der Waals surface area (Å²) in [7, 11) is -2.16. The smallest absolute Gasteiger partial charge is 0.407 e. The molecule has 1 N–H and O–H groups in total. The minimum absolute atomic E-state index is 0.00213. The maximum Gasteiger partial charge on any atom is 0.407 e. The van der Waals surface area contributed by atoms with Crippen LogP contribution in [0.25, 0.3) is 0 Å². The molecule has 1 aromatic heterocycles. The van der Waals surface area contributed by atoms with E-state index in [1.807, 2.05) is 6.92 Å². The lowest BCUT2D eigenvalue weighted by Crippen LogP contribution is -2.34. The zero-order chi connectivity index (χ0) is 21.0. The quantitative estimate of drug-likeness (QED) is 0.688. The summed E-state index contributed by atoms with van der Waals surface area (Å²) >= 11 is 0. The molecule has 1 aromatic carbocycles. The van der Waals surface area contributed by atoms with Gasteiger partial charge < -0.3 is 14.6 Å². The Balaban J connectivity index is 1.81. The van der Waals surface area contributed by atoms with Gasteiger partial charge in [0.05, 0.1) is 12.9 Å². The molecule has 10 heteroatoms. The first kappa shape index (κ1) is 21.3. The second kappa shape index (κ2) is 8.91. The van der Waals surface area contributed by atoms with E-state index in [0.717, 1.165) is 12.8 Å². The summed E-state index contributed by atoms with van der Waals surface area (Å²) in [6, 6.07) is 5.79. The van der Waals surface area contributed by atoms with E-state index in [9.17, 15) is 17.6 Å². The van der Waals surface area contributed by atoms with Crippen LogP contribution in [0.5, 0.6) is 0 Å². The fourth-order valence-corrected chi connectivity index (χ4v) is 4.73. The van der Waals surface area contributed by atoms with Gasteiger partial charge in [-0.3, -0.25) is 0 Å². The number of sulfonamides is 1. The van der Waals surface area contributed by atoms with Crippen LogP contribution in [0.15, 0.2) is 41.8 Å². The summed E-state index contributed by atoms with van der Waals surface area (Å²) in [5.41, 5.74) is 0.705. The number of halogens is 1. The second-order valence-electron chi connectivity index (χ2n) is 7.08. The predicted molar refractivity (Wildman–Crippen MR) is 104 cm³/mol. The summed E-state index contributed by atoms with van der Waals surface area (Å²) in [6.07, 6.45) is 3.30. The van der Waals surface area contributed by atoms with Crippen molar-refractivity contribution in [2.24, 2.45) is 7.05 Å². The molecule has 0 aliphatic carbocycles. The van der Waals surface area contributed by atoms with Crippen LogP contribution in [-0.4, -0.2) is 54.1 Å². The van der Waals surface area contributed by atoms with Gasteiger partial charge in [-0.2, -0.15) is 4.31 Å². The average molecular weight is 424 g/mol. The van der Waals surface area contributed by atoms with E-state index in [2.05, 4.69) is 10.3 Å². The van der Waals surface area contributed by atoms with Gasteiger partial charge in [-0.1, -0.05) is 25.5 Å². The number of amides is 1. The fraction of sp³-hybridized carbons (Fsp3) is 0.474. The van der Waals surface area contributed by atoms with Gasteiger partial charge in [-0.05, 0) is 24.1 Å². The third kappa shape index (κ3) is 4.94. The minimum atomic E-state index is -3.84. The second-order valence-corrected chi connectivity index (χ2v) is 8.97. The average Bonchev–Trinajstić information content (AvgIpc) is 3.30. The zero-order valence-electron chi connectivity index (χ0n) is 16.4. The fourth-order valence-electron chi connectivity index (χ4n) is 3.29. The lowest BCUT2D eigenvalue weighted by atomic mass is 9.96. The number of rotatable bonds is 7. The predicted octanol–water partition coefficient (Wildman–Crippen LogP) is 2.24. The molecule has 1 aliphatic rings. The molecule has 29 heavy (non-hydrogen) atoms. The normalized spacial score (nSPS) is 20.0. The van der Waals surface area contributed by atoms with Crippen LogP contribution in [0.4, 0.5) is 9.18 Å². The van der Waals surface area contributed by atoms with Crippen molar-refractivity contribution >= 4 is 16.1 Å². The molecule has 1 amide bonds. The molecule has 3 rings (SSSR count). The maximum atomic E-state index is 13.3. The van der Waals surface area contributed by atoms with Gasteiger partial charge in [0.1, 0.15) is 11.9 Å². The maximum absolute atomic E-state index is 13.3. The number of aromatic nitrogens is 2. The number of alkyl carbamates (subject to hydrolysis) is 1. The van der Waals surface area contributed by atoms with Crippen molar-refractivity contribution in [3.05, 3.63) is 48.2 Å². The summed E-state index contributed by atoms with van der Waals surface area (Å²) in [5.74, 6) is -0.800. The van der Waals surface area contributed by atoms with E-state index in [0.29, 0.717) is 12.1 Å². The highest BCUT2D eigenvalue weighted by Gasteiger charge is 2.43. The molecular weight excluding hydrogens is 399 g/mol. The highest BCUT2D eigenvalue weighted by molar-refractivity contribution is 7.89. The van der Waals surface area contributed by atoms with E-state index in [1.165, 1.54) is 29.0 Å². The lowest BCUT2D eigenvalue weighted by molar-refractivity contribution is 0.0966. The Labute approximate surface area is 169 Å². The van der Waals surface area contributed by atoms with Crippen LogP contribution in [0.3, 0.4) is 0 Å². The van der Waals surface area contributed by atoms with Gasteiger partial charge in [-0.15, -0.1) is 0 Å². The molecule has 2 aromatic rings. The van der Waals surface area contributed by atoms with Crippen molar-refractivity contribution in [3.8, 4) is 0 Å². The molecule has 0 radical (unpaired) electrons. The molecule has 158 valence electrons. The number of unbranched alkanes of at least 4 members (excludes halogenated alkanes) is 1. The molecule has 2 unspecified atom stereocenters. The van der Waals surface area contributed by atoms with Crippen LogP contribution in [0, 0.1) is 5.82 Å². The molecule has 0 spiro atoms. The Bertz CT molecular complexity index is 945. The zero-order valence-corrected chi connectivity index (χ0v) is 17.2. The van der Waals surface area contributed by atoms with Gasteiger partial charge in [-0.25, -0.2) is 22.6 Å². The monoisotopic (exact) mass is 424 g/mol. The number of benzene rings is 1. The van der Waals surface area contributed by atoms with Gasteiger partial charge in [0.15, 0.2) is 5.03 Å². The molecule has 0 bridgehead atoms. The van der Waals surface area contributed by atoms with Crippen molar-refractivity contribution in [2.75, 3.05) is 19.6 Å². The Hall–Kier alpha value is -2.46. The Morgan fingerprint density at radius 2 is 2.03 bits per heavy atom. The number of imidazole rings is 1. The number of carbonyl (C=O) groups is 1. The lowest BCUT2D eigenvalue weighted by Gasteiger charge is -2.19. The molecule has 2 atom stereocenters. The van der Waals surface area contributed by atoms with Crippen molar-refractivity contribution in [1.29, 1.82) is 0 Å². The summed E-state index contributed by atoms with van der Waals surface area (Å²) in [5, 5.41) is 2.61. The van der Waals surface area contributed by atoms with Crippen molar-refractivity contribution < 1.29 is 22.3 Å². The molecule has 1 aliphatic heterocycles. The van der Waals surface area contributed by atoms with Crippen molar-refractivity contribution in [2.45, 2.75) is 36.8 Å². The van der Waals surface area contributed by atoms with Crippen LogP contribution in [0.2, 0.25) is 0 Å². The Morgan fingerprint density at radius 1 is 1.31 bits per heavy atom. The SMILES string of the molecule is CCCCNC(=O)OC1CN(S(=O)(=O)c2cn(C)cn2)CC1c1ccc(F)cc1. The van der Waals surface area contributed by atoms with Gasteiger partial charge >= 0.3 is 6.09 Å². The number of hydrogen-bond donors (Lipinski definition) is 1. The van der Waals surface area contributed by atoms with Crippen LogP contribution in [-0.2, 0) is 21.8 Å². The summed E-state index contributed by atoms with van der Waals surface area (Å²) in [4.78, 5) is 16.1. The van der Waals surface area contributed by atoms with Crippen LogP contribution >= 0.6 is 0 Å². The van der Waals surface area contributed by atoms with E-state index >= 15 is 0 Å². The van der Waals surface area contributed by atoms with E-state index in [-0.39, 0.29) is 23.9 Å². The van der Waals surface area contributed by atoms with Crippen molar-refractivity contribution in [1.82, 2.24) is 19.2 Å². The largest absolute Gasteiger partial charge is 0.444 e. The highest BCUT2D eigenvalue weighted by atomic mass is 32.2. The van der Waals surface area contributed by atoms with Gasteiger partial charge in [0, 0.05) is 32.3 Å². The van der Waals surface area contributed by atoms with Crippen LogP contribution in [0.1, 0.15) is 31.2 Å². The van der Waals surface area contributed by atoms with E-state index in [4.69, 9.17) is 4.74 Å². The van der Waals surface area contributed by atoms with E-state index < -0.39 is 28.1 Å². The molecule has 1 fully saturated rings. The van der Waals surface area contributed by atoms with E-state index in [1.54, 1.807) is 23.7 Å². The number of hydrogen-bond acceptors (Lipinski definition) is 5. The van der Waals surface area contributed by atoms with Gasteiger partial charge in [0.2, 0.25) is 0 Å². The minimum Gasteiger partial charge on any atom is -0.444 e. The number of nitrogens with zero attached hydrogens (tertiary/aromatic N) is 3. The van der Waals surface area contributed by atoms with Crippen LogP contribution < -0.4 is 5.32 Å². The summed E-state index contributed by atoms with van der Waals surface area (Å²) in [6.45, 7) is 2.60. The number of aryl methyl sites for hydroxylation is 1. The number of carbonyl (C=O) groups excluding carboxylic acids is 1. The third-order valence-corrected chi connectivity index (χ3v) is 6.59.